The summed E-state index contributed by atoms with van der Waals surface area (Å²) >= 11 is 7.01. The zero-order chi connectivity index (χ0) is 11.1. The summed E-state index contributed by atoms with van der Waals surface area (Å²) in [6.07, 6.45) is 11.0. The number of hydrogen-bond donors (Lipinski definition) is 0. The second-order valence-corrected chi connectivity index (χ2v) is 6.60. The Kier molecular flexibility index (Phi) is 7.15. The molecule has 88 valence electrons. The van der Waals surface area contributed by atoms with Crippen molar-refractivity contribution >= 4 is 37.6 Å². The monoisotopic (exact) mass is 338 g/mol. The molecule has 0 aromatic carbocycles. The Morgan fingerprint density at radius 2 is 1.07 bits per heavy atom. The van der Waals surface area contributed by atoms with E-state index in [4.69, 9.17) is 0 Å². The third kappa shape index (κ3) is 5.48. The van der Waals surface area contributed by atoms with Crippen molar-refractivity contribution in [3.63, 3.8) is 0 Å². The molecule has 3 heteroatoms. The van der Waals surface area contributed by atoms with Gasteiger partial charge in [0.05, 0.1) is 9.65 Å². The van der Waals surface area contributed by atoms with Crippen LogP contribution in [-0.2, 0) is 4.79 Å². The Morgan fingerprint density at radius 3 is 1.47 bits per heavy atom. The van der Waals surface area contributed by atoms with Crippen molar-refractivity contribution in [2.45, 2.75) is 67.4 Å². The van der Waals surface area contributed by atoms with Crippen molar-refractivity contribution in [1.29, 1.82) is 0 Å². The summed E-state index contributed by atoms with van der Waals surface area (Å²) in [7, 11) is 0. The van der Waals surface area contributed by atoms with Gasteiger partial charge in [0.2, 0.25) is 0 Å². The molecule has 1 aliphatic carbocycles. The molecule has 0 aliphatic heterocycles. The minimum atomic E-state index is 0.0706. The molecule has 1 rings (SSSR count). The lowest BCUT2D eigenvalue weighted by Gasteiger charge is -2.15. The molecule has 1 saturated carbocycles. The van der Waals surface area contributed by atoms with E-state index < -0.39 is 0 Å². The van der Waals surface area contributed by atoms with Crippen molar-refractivity contribution in [1.82, 2.24) is 0 Å². The molecule has 0 saturated heterocycles. The number of alkyl halides is 2. The summed E-state index contributed by atoms with van der Waals surface area (Å²) in [6.45, 7) is 0. The third-order valence-electron chi connectivity index (χ3n) is 3.03. The van der Waals surface area contributed by atoms with E-state index >= 15 is 0 Å². The number of carbonyl (C=O) groups excluding carboxylic acids is 1. The predicted molar refractivity (Wildman–Crippen MR) is 72.0 cm³/mol. The maximum atomic E-state index is 11.9. The van der Waals surface area contributed by atoms with Gasteiger partial charge >= 0.3 is 0 Å². The molecule has 0 spiro atoms. The third-order valence-corrected chi connectivity index (χ3v) is 4.85. The quantitative estimate of drug-likeness (QED) is 0.589. The maximum Gasteiger partial charge on any atom is 0.160 e. The van der Waals surface area contributed by atoms with Crippen molar-refractivity contribution in [3.05, 3.63) is 0 Å². The van der Waals surface area contributed by atoms with Gasteiger partial charge in [0, 0.05) is 0 Å². The van der Waals surface area contributed by atoms with Gasteiger partial charge in [-0.2, -0.15) is 0 Å². The first-order valence-corrected chi connectivity index (χ1v) is 7.87. The molecule has 0 unspecified atom stereocenters. The van der Waals surface area contributed by atoms with E-state index in [1.54, 1.807) is 0 Å². The minimum absolute atomic E-state index is 0.0706. The summed E-state index contributed by atoms with van der Waals surface area (Å²) in [5.74, 6) is 0.343. The Labute approximate surface area is 110 Å². The maximum absolute atomic E-state index is 11.9. The Hall–Kier alpha value is 0.630. The Bertz CT molecular complexity index is 176. The van der Waals surface area contributed by atoms with Crippen LogP contribution in [0.25, 0.3) is 0 Å². The van der Waals surface area contributed by atoms with Gasteiger partial charge in [-0.05, 0) is 12.8 Å². The first kappa shape index (κ1) is 13.7. The molecule has 0 radical (unpaired) electrons. The largest absolute Gasteiger partial charge is 0.297 e. The highest BCUT2D eigenvalue weighted by Crippen LogP contribution is 2.22. The van der Waals surface area contributed by atoms with Crippen molar-refractivity contribution in [2.75, 3.05) is 0 Å². The highest BCUT2D eigenvalue weighted by molar-refractivity contribution is 9.10. The highest BCUT2D eigenvalue weighted by Gasteiger charge is 2.22. The Morgan fingerprint density at radius 1 is 0.733 bits per heavy atom. The number of halogens is 2. The van der Waals surface area contributed by atoms with Gasteiger partial charge in [-0.1, -0.05) is 76.8 Å². The molecule has 0 amide bonds. The lowest BCUT2D eigenvalue weighted by molar-refractivity contribution is -0.118. The first-order valence-electron chi connectivity index (χ1n) is 6.03. The van der Waals surface area contributed by atoms with Crippen LogP contribution in [0.4, 0.5) is 0 Å². The molecule has 1 aliphatic rings. The molecule has 0 aromatic heterocycles. The fourth-order valence-corrected chi connectivity index (χ4v) is 3.65. The van der Waals surface area contributed by atoms with Crippen molar-refractivity contribution in [3.8, 4) is 0 Å². The number of ketones is 1. The predicted octanol–water partition coefficient (Wildman–Crippen LogP) is 4.61. The zero-order valence-corrected chi connectivity index (χ0v) is 12.4. The molecule has 1 fully saturated rings. The molecular formula is C12H20Br2O. The van der Waals surface area contributed by atoms with E-state index in [9.17, 15) is 4.79 Å². The van der Waals surface area contributed by atoms with E-state index in [1.807, 2.05) is 0 Å². The molecular weight excluding hydrogens is 320 g/mol. The van der Waals surface area contributed by atoms with Gasteiger partial charge in [0.25, 0.3) is 0 Å². The van der Waals surface area contributed by atoms with Crippen LogP contribution in [-0.4, -0.2) is 15.4 Å². The van der Waals surface area contributed by atoms with Gasteiger partial charge in [-0.15, -0.1) is 0 Å². The summed E-state index contributed by atoms with van der Waals surface area (Å²) in [5.41, 5.74) is 0. The van der Waals surface area contributed by atoms with E-state index in [0.717, 1.165) is 12.8 Å². The van der Waals surface area contributed by atoms with Gasteiger partial charge in [0.1, 0.15) is 0 Å². The van der Waals surface area contributed by atoms with Crippen molar-refractivity contribution < 1.29 is 4.79 Å². The van der Waals surface area contributed by atoms with E-state index in [2.05, 4.69) is 31.9 Å². The lowest BCUT2D eigenvalue weighted by atomic mass is 10.0. The van der Waals surface area contributed by atoms with Crippen LogP contribution in [0.3, 0.4) is 0 Å². The SMILES string of the molecule is O=C1[C@H](Br)CCCCCCCCC[C@H]1Br. The van der Waals surface area contributed by atoms with Crippen LogP contribution in [0, 0.1) is 0 Å². The van der Waals surface area contributed by atoms with Crippen LogP contribution in [0.15, 0.2) is 0 Å². The van der Waals surface area contributed by atoms with Gasteiger partial charge in [-0.25, -0.2) is 0 Å². The van der Waals surface area contributed by atoms with Gasteiger partial charge < -0.3 is 0 Å². The molecule has 0 heterocycles. The number of carbonyl (C=O) groups is 1. The average molecular weight is 340 g/mol. The van der Waals surface area contributed by atoms with Gasteiger partial charge in [0.15, 0.2) is 5.78 Å². The van der Waals surface area contributed by atoms with Crippen molar-refractivity contribution in [2.24, 2.45) is 0 Å². The lowest BCUT2D eigenvalue weighted by Crippen LogP contribution is -2.24. The molecule has 15 heavy (non-hydrogen) atoms. The number of rotatable bonds is 0. The van der Waals surface area contributed by atoms with Crippen LogP contribution >= 0.6 is 31.9 Å². The molecule has 1 nitrogen and oxygen atoms in total. The van der Waals surface area contributed by atoms with E-state index in [1.165, 1.54) is 44.9 Å². The van der Waals surface area contributed by atoms with Crippen LogP contribution in [0.1, 0.15) is 57.8 Å². The molecule has 2 atom stereocenters. The summed E-state index contributed by atoms with van der Waals surface area (Å²) < 4.78 is 0. The van der Waals surface area contributed by atoms with Gasteiger partial charge in [-0.3, -0.25) is 4.79 Å². The van der Waals surface area contributed by atoms with Crippen LogP contribution in [0.2, 0.25) is 0 Å². The van der Waals surface area contributed by atoms with Crippen LogP contribution in [0.5, 0.6) is 0 Å². The molecule has 0 N–H and O–H groups in total. The van der Waals surface area contributed by atoms with Crippen LogP contribution < -0.4 is 0 Å². The summed E-state index contributed by atoms with van der Waals surface area (Å²) in [6, 6.07) is 0. The fourth-order valence-electron chi connectivity index (χ4n) is 2.01. The average Bonchev–Trinajstić information content (AvgIpc) is 2.23. The smallest absolute Gasteiger partial charge is 0.160 e. The number of hydrogen-bond acceptors (Lipinski definition) is 1. The summed E-state index contributed by atoms with van der Waals surface area (Å²) in [4.78, 5) is 12.0. The topological polar surface area (TPSA) is 17.1 Å². The first-order chi connectivity index (χ1) is 7.22. The number of Topliss-reactive ketones (excluding diaryl/α,β-unsaturated/α-hetero) is 1. The second kappa shape index (κ2) is 7.83. The fraction of sp³-hybridized carbons (Fsp3) is 0.917. The highest BCUT2D eigenvalue weighted by atomic mass is 79.9. The zero-order valence-electron chi connectivity index (χ0n) is 9.18. The van der Waals surface area contributed by atoms with E-state index in [0.29, 0.717) is 5.78 Å². The molecule has 0 bridgehead atoms. The normalized spacial score (nSPS) is 31.7. The standard InChI is InChI=1S/C12H20Br2O/c13-10-8-6-4-2-1-3-5-7-9-11(14)12(10)15/h10-11H,1-9H2/t10-,11-/m1/s1. The Balaban J connectivity index is 2.40. The second-order valence-electron chi connectivity index (χ2n) is 4.39. The minimum Gasteiger partial charge on any atom is -0.297 e. The molecule has 0 aromatic rings. The van der Waals surface area contributed by atoms with E-state index in [-0.39, 0.29) is 9.65 Å². The summed E-state index contributed by atoms with van der Waals surface area (Å²) in [5, 5.41) is 0.